The zero-order valence-electron chi connectivity index (χ0n) is 14.8. The second-order valence-electron chi connectivity index (χ2n) is 6.40. The molecule has 1 N–H and O–H groups in total. The molecule has 1 saturated heterocycles. The average Bonchev–Trinajstić information content (AvgIpc) is 2.62. The fourth-order valence-corrected chi connectivity index (χ4v) is 4.42. The third kappa shape index (κ3) is 4.12. The monoisotopic (exact) mass is 374 g/mol. The maximum absolute atomic E-state index is 12.8. The quantitative estimate of drug-likeness (QED) is 0.893. The molecule has 138 valence electrons. The Labute approximate surface area is 153 Å². The number of ether oxygens (including phenoxy) is 1. The minimum Gasteiger partial charge on any atom is -0.376 e. The van der Waals surface area contributed by atoms with Crippen molar-refractivity contribution >= 4 is 21.6 Å². The highest BCUT2D eigenvalue weighted by atomic mass is 32.2. The maximum atomic E-state index is 12.8. The molecule has 1 aliphatic heterocycles. The highest BCUT2D eigenvalue weighted by molar-refractivity contribution is 7.89. The summed E-state index contributed by atoms with van der Waals surface area (Å²) in [7, 11) is -3.62. The number of carbonyl (C=O) groups excluding carboxylic acids is 1. The van der Waals surface area contributed by atoms with Crippen molar-refractivity contribution in [3.05, 3.63) is 59.7 Å². The van der Waals surface area contributed by atoms with Gasteiger partial charge < -0.3 is 10.1 Å². The van der Waals surface area contributed by atoms with Gasteiger partial charge in [0, 0.05) is 24.3 Å². The van der Waals surface area contributed by atoms with Crippen molar-refractivity contribution < 1.29 is 17.9 Å². The zero-order valence-corrected chi connectivity index (χ0v) is 15.6. The van der Waals surface area contributed by atoms with Crippen molar-refractivity contribution in [1.29, 1.82) is 0 Å². The van der Waals surface area contributed by atoms with Gasteiger partial charge in [-0.15, -0.1) is 0 Å². The Morgan fingerprint density at radius 1 is 1.19 bits per heavy atom. The van der Waals surface area contributed by atoms with Crippen molar-refractivity contribution in [2.45, 2.75) is 24.8 Å². The molecule has 1 amide bonds. The van der Waals surface area contributed by atoms with E-state index in [9.17, 15) is 13.2 Å². The van der Waals surface area contributed by atoms with Gasteiger partial charge in [0.2, 0.25) is 10.0 Å². The van der Waals surface area contributed by atoms with Gasteiger partial charge in [0.05, 0.1) is 17.6 Å². The highest BCUT2D eigenvalue weighted by Gasteiger charge is 2.29. The van der Waals surface area contributed by atoms with E-state index in [4.69, 9.17) is 4.74 Å². The van der Waals surface area contributed by atoms with E-state index < -0.39 is 10.0 Å². The summed E-state index contributed by atoms with van der Waals surface area (Å²) in [5.41, 5.74) is 1.95. The van der Waals surface area contributed by atoms with Crippen molar-refractivity contribution in [1.82, 2.24) is 4.31 Å². The van der Waals surface area contributed by atoms with Gasteiger partial charge in [-0.3, -0.25) is 4.79 Å². The molecule has 3 rings (SSSR count). The first kappa shape index (κ1) is 18.6. The van der Waals surface area contributed by atoms with E-state index in [0.29, 0.717) is 30.9 Å². The molecule has 6 nitrogen and oxygen atoms in total. The molecule has 1 aliphatic rings. The van der Waals surface area contributed by atoms with Crippen LogP contribution in [-0.4, -0.2) is 44.4 Å². The Hall–Kier alpha value is -2.22. The lowest BCUT2D eigenvalue weighted by molar-refractivity contribution is 0.0102. The van der Waals surface area contributed by atoms with Gasteiger partial charge in [-0.1, -0.05) is 23.8 Å². The van der Waals surface area contributed by atoms with Crippen LogP contribution in [0.4, 0.5) is 5.69 Å². The molecule has 0 aromatic heterocycles. The summed E-state index contributed by atoms with van der Waals surface area (Å²) in [5, 5.41) is 2.76. The lowest BCUT2D eigenvalue weighted by Crippen LogP contribution is -2.44. The Bertz CT molecular complexity index is 911. The smallest absolute Gasteiger partial charge is 0.255 e. The standard InChI is InChI=1S/C19H22N2O4S/c1-14-5-3-6-16(11-14)19(22)20-17-7-4-8-18(12-17)26(23,24)21-9-10-25-15(2)13-21/h3-8,11-12,15H,9-10,13H2,1-2H3,(H,20,22). The van der Waals surface area contributed by atoms with Crippen molar-refractivity contribution in [2.75, 3.05) is 25.0 Å². The van der Waals surface area contributed by atoms with E-state index in [0.717, 1.165) is 5.56 Å². The number of rotatable bonds is 4. The first-order valence-corrected chi connectivity index (χ1v) is 9.90. The molecule has 1 fully saturated rings. The predicted octanol–water partition coefficient (Wildman–Crippen LogP) is 2.66. The number of carbonyl (C=O) groups is 1. The summed E-state index contributed by atoms with van der Waals surface area (Å²) in [6.07, 6.45) is -0.136. The molecule has 1 heterocycles. The summed E-state index contributed by atoms with van der Waals surface area (Å²) in [6.45, 7) is 4.78. The van der Waals surface area contributed by atoms with Crippen LogP contribution in [0.25, 0.3) is 0 Å². The Kier molecular flexibility index (Phi) is 5.41. The van der Waals surface area contributed by atoms with Crippen LogP contribution in [0.1, 0.15) is 22.8 Å². The van der Waals surface area contributed by atoms with Crippen LogP contribution in [0.2, 0.25) is 0 Å². The largest absolute Gasteiger partial charge is 0.376 e. The molecular formula is C19H22N2O4S. The summed E-state index contributed by atoms with van der Waals surface area (Å²) in [4.78, 5) is 12.5. The second-order valence-corrected chi connectivity index (χ2v) is 8.33. The van der Waals surface area contributed by atoms with Crippen molar-refractivity contribution in [3.63, 3.8) is 0 Å². The number of sulfonamides is 1. The second kappa shape index (κ2) is 7.57. The predicted molar refractivity (Wildman–Crippen MR) is 99.7 cm³/mol. The number of anilines is 1. The fraction of sp³-hybridized carbons (Fsp3) is 0.316. The number of hydrogen-bond donors (Lipinski definition) is 1. The van der Waals surface area contributed by atoms with Crippen molar-refractivity contribution in [2.24, 2.45) is 0 Å². The molecule has 0 spiro atoms. The van der Waals surface area contributed by atoms with E-state index in [1.54, 1.807) is 24.3 Å². The lowest BCUT2D eigenvalue weighted by atomic mass is 10.1. The summed E-state index contributed by atoms with van der Waals surface area (Å²) in [5.74, 6) is -0.275. The molecule has 0 bridgehead atoms. The van der Waals surface area contributed by atoms with Crippen LogP contribution in [0.5, 0.6) is 0 Å². The van der Waals surface area contributed by atoms with Crippen LogP contribution in [0.3, 0.4) is 0 Å². The molecule has 2 aromatic rings. The average molecular weight is 374 g/mol. The van der Waals surface area contributed by atoms with Crippen LogP contribution in [-0.2, 0) is 14.8 Å². The first-order chi connectivity index (χ1) is 12.4. The third-order valence-corrected chi connectivity index (χ3v) is 6.07. The fourth-order valence-electron chi connectivity index (χ4n) is 2.88. The lowest BCUT2D eigenvalue weighted by Gasteiger charge is -2.30. The minimum absolute atomic E-state index is 0.136. The Morgan fingerprint density at radius 2 is 1.96 bits per heavy atom. The van der Waals surface area contributed by atoms with E-state index in [1.807, 2.05) is 26.0 Å². The Morgan fingerprint density at radius 3 is 2.69 bits per heavy atom. The van der Waals surface area contributed by atoms with Crippen LogP contribution < -0.4 is 5.32 Å². The Balaban J connectivity index is 1.80. The molecule has 26 heavy (non-hydrogen) atoms. The van der Waals surface area contributed by atoms with Gasteiger partial charge >= 0.3 is 0 Å². The number of amides is 1. The zero-order chi connectivity index (χ0) is 18.7. The van der Waals surface area contributed by atoms with Crippen molar-refractivity contribution in [3.8, 4) is 0 Å². The van der Waals surface area contributed by atoms with Gasteiger partial charge in [0.1, 0.15) is 0 Å². The SMILES string of the molecule is Cc1cccc(C(=O)Nc2cccc(S(=O)(=O)N3CCOC(C)C3)c2)c1. The molecule has 0 aliphatic carbocycles. The maximum Gasteiger partial charge on any atom is 0.255 e. The number of nitrogens with one attached hydrogen (secondary N) is 1. The van der Waals surface area contributed by atoms with Crippen LogP contribution in [0.15, 0.2) is 53.4 Å². The summed E-state index contributed by atoms with van der Waals surface area (Å²) in [6, 6.07) is 13.6. The molecule has 0 saturated carbocycles. The number of hydrogen-bond acceptors (Lipinski definition) is 4. The third-order valence-electron chi connectivity index (χ3n) is 4.21. The van der Waals surface area contributed by atoms with Gasteiger partial charge in [-0.2, -0.15) is 4.31 Å². The molecule has 1 unspecified atom stereocenters. The first-order valence-electron chi connectivity index (χ1n) is 8.46. The van der Waals surface area contributed by atoms with Gasteiger partial charge in [0.25, 0.3) is 5.91 Å². The highest BCUT2D eigenvalue weighted by Crippen LogP contribution is 2.22. The molecular weight excluding hydrogens is 352 g/mol. The van der Waals surface area contributed by atoms with E-state index in [1.165, 1.54) is 16.4 Å². The van der Waals surface area contributed by atoms with Crippen LogP contribution in [0, 0.1) is 6.92 Å². The summed E-state index contributed by atoms with van der Waals surface area (Å²) >= 11 is 0. The van der Waals surface area contributed by atoms with E-state index >= 15 is 0 Å². The number of benzene rings is 2. The van der Waals surface area contributed by atoms with Gasteiger partial charge in [-0.05, 0) is 44.2 Å². The minimum atomic E-state index is -3.62. The normalized spacial score (nSPS) is 18.5. The number of morpholine rings is 1. The van der Waals surface area contributed by atoms with Crippen LogP contribution >= 0.6 is 0 Å². The molecule has 1 atom stereocenters. The molecule has 0 radical (unpaired) electrons. The summed E-state index contributed by atoms with van der Waals surface area (Å²) < 4.78 is 32.5. The molecule has 2 aromatic carbocycles. The van der Waals surface area contributed by atoms with Gasteiger partial charge in [-0.25, -0.2) is 8.42 Å². The van der Waals surface area contributed by atoms with Gasteiger partial charge in [0.15, 0.2) is 0 Å². The number of aryl methyl sites for hydroxylation is 1. The topological polar surface area (TPSA) is 75.7 Å². The number of nitrogens with zero attached hydrogens (tertiary/aromatic N) is 1. The molecule has 7 heteroatoms. The van der Waals surface area contributed by atoms with E-state index in [-0.39, 0.29) is 16.9 Å². The van der Waals surface area contributed by atoms with E-state index in [2.05, 4.69) is 5.32 Å².